The highest BCUT2D eigenvalue weighted by Gasteiger charge is 2.61. The van der Waals surface area contributed by atoms with E-state index in [1.807, 2.05) is 30.3 Å². The summed E-state index contributed by atoms with van der Waals surface area (Å²) in [6.07, 6.45) is 0.196. The summed E-state index contributed by atoms with van der Waals surface area (Å²) >= 11 is 0. The Morgan fingerprint density at radius 3 is 2.19 bits per heavy atom. The summed E-state index contributed by atoms with van der Waals surface area (Å²) in [7, 11) is 0. The van der Waals surface area contributed by atoms with Crippen LogP contribution in [0.15, 0.2) is 54.6 Å². The molecule has 1 atom stereocenters. The molecule has 1 saturated carbocycles. The molecule has 0 spiro atoms. The number of amides is 1. The van der Waals surface area contributed by atoms with E-state index >= 15 is 0 Å². The number of carbonyl (C=O) groups excluding carboxylic acids is 1. The van der Waals surface area contributed by atoms with E-state index < -0.39 is 23.2 Å². The summed E-state index contributed by atoms with van der Waals surface area (Å²) in [6, 6.07) is 14.2. The van der Waals surface area contributed by atoms with Crippen molar-refractivity contribution in [2.24, 2.45) is 5.92 Å². The van der Waals surface area contributed by atoms with Gasteiger partial charge in [0.2, 0.25) is 5.60 Å². The first-order valence-electron chi connectivity index (χ1n) is 9.20. The van der Waals surface area contributed by atoms with E-state index in [0.717, 1.165) is 43.2 Å². The fourth-order valence-corrected chi connectivity index (χ4v) is 4.24. The molecule has 4 rings (SSSR count). The first kappa shape index (κ1) is 18.0. The lowest BCUT2D eigenvalue weighted by Gasteiger charge is -2.52. The maximum absolute atomic E-state index is 13.4. The van der Waals surface area contributed by atoms with Crippen molar-refractivity contribution in [3.63, 3.8) is 0 Å². The second-order valence-electron chi connectivity index (χ2n) is 7.14. The summed E-state index contributed by atoms with van der Waals surface area (Å²) < 4.78 is 40.1. The molecule has 142 valence electrons. The van der Waals surface area contributed by atoms with E-state index in [-0.39, 0.29) is 11.6 Å². The number of alkyl halides is 3. The van der Waals surface area contributed by atoms with Crippen molar-refractivity contribution in [3.8, 4) is 0 Å². The number of hydrogen-bond acceptors (Lipinski definition) is 2. The quantitative estimate of drug-likeness (QED) is 0.713. The van der Waals surface area contributed by atoms with E-state index in [9.17, 15) is 18.0 Å². The fraction of sp³-hybridized carbons (Fsp3) is 0.381. The monoisotopic (exact) mass is 375 g/mol. The Labute approximate surface area is 155 Å². The molecule has 1 heterocycles. The minimum atomic E-state index is -4.56. The average Bonchev–Trinajstić information content (AvgIpc) is 2.68. The average molecular weight is 375 g/mol. The number of halogens is 3. The van der Waals surface area contributed by atoms with Crippen molar-refractivity contribution in [2.45, 2.75) is 43.9 Å². The summed E-state index contributed by atoms with van der Waals surface area (Å²) in [6.45, 7) is 0. The zero-order chi connectivity index (χ0) is 19.1. The number of hydroxylamine groups is 1. The normalized spacial score (nSPS) is 24.0. The lowest BCUT2D eigenvalue weighted by molar-refractivity contribution is -0.208. The second-order valence-corrected chi connectivity index (χ2v) is 7.14. The number of hydrogen-bond donors (Lipinski definition) is 0. The number of rotatable bonds is 3. The van der Waals surface area contributed by atoms with Gasteiger partial charge in [0.15, 0.2) is 0 Å². The van der Waals surface area contributed by atoms with Gasteiger partial charge in [-0.15, -0.1) is 0 Å². The van der Waals surface area contributed by atoms with Crippen LogP contribution in [0, 0.1) is 5.92 Å². The van der Waals surface area contributed by atoms with Crippen LogP contribution in [0.25, 0.3) is 0 Å². The van der Waals surface area contributed by atoms with Crippen LogP contribution in [0.4, 0.5) is 18.9 Å². The number of para-hydroxylation sites is 1. The minimum Gasteiger partial charge on any atom is -0.268 e. The molecule has 6 heteroatoms. The SMILES string of the molecule is O=C1N(c2ccccc2C(F)(F)F)O[C@]1(c1ccccc1)C1CCCCC1. The zero-order valence-electron chi connectivity index (χ0n) is 14.7. The molecule has 2 fully saturated rings. The van der Waals surface area contributed by atoms with Gasteiger partial charge in [0, 0.05) is 5.92 Å². The van der Waals surface area contributed by atoms with E-state index in [2.05, 4.69) is 0 Å². The fourth-order valence-electron chi connectivity index (χ4n) is 4.24. The van der Waals surface area contributed by atoms with Crippen LogP contribution in [0.1, 0.15) is 43.2 Å². The van der Waals surface area contributed by atoms with Crippen LogP contribution < -0.4 is 5.06 Å². The molecule has 0 N–H and O–H groups in total. The third-order valence-electron chi connectivity index (χ3n) is 5.55. The Morgan fingerprint density at radius 1 is 0.926 bits per heavy atom. The molecule has 1 aliphatic heterocycles. The van der Waals surface area contributed by atoms with E-state index in [1.165, 1.54) is 18.2 Å². The first-order chi connectivity index (χ1) is 12.9. The number of nitrogens with zero attached hydrogens (tertiary/aromatic N) is 1. The van der Waals surface area contributed by atoms with Crippen molar-refractivity contribution >= 4 is 11.6 Å². The van der Waals surface area contributed by atoms with E-state index in [1.54, 1.807) is 0 Å². The number of carbonyl (C=O) groups is 1. The molecule has 0 unspecified atom stereocenters. The Hall–Kier alpha value is -2.34. The molecule has 2 aromatic rings. The van der Waals surface area contributed by atoms with Gasteiger partial charge in [-0.2, -0.15) is 18.2 Å². The molecule has 0 aromatic heterocycles. The predicted molar refractivity (Wildman–Crippen MR) is 94.7 cm³/mol. The first-order valence-corrected chi connectivity index (χ1v) is 9.20. The van der Waals surface area contributed by atoms with Crippen molar-refractivity contribution in [1.29, 1.82) is 0 Å². The van der Waals surface area contributed by atoms with Crippen LogP contribution in [-0.4, -0.2) is 5.91 Å². The minimum absolute atomic E-state index is 0.0320. The second kappa shape index (κ2) is 6.68. The standard InChI is InChI=1S/C21H20F3NO2/c22-21(23,24)17-13-7-8-14-18(17)25-19(26)20(27-25,15-9-3-1-4-10-15)16-11-5-2-6-12-16/h1,3-4,7-10,13-14,16H,2,5-6,11-12H2/t20-/m1/s1. The van der Waals surface area contributed by atoms with Gasteiger partial charge in [-0.3, -0.25) is 4.79 Å². The summed E-state index contributed by atoms with van der Waals surface area (Å²) in [5, 5.41) is 0.824. The summed E-state index contributed by atoms with van der Waals surface area (Å²) in [4.78, 5) is 19.3. The van der Waals surface area contributed by atoms with E-state index in [0.29, 0.717) is 5.56 Å². The topological polar surface area (TPSA) is 29.5 Å². The number of anilines is 1. The molecular weight excluding hydrogens is 355 g/mol. The highest BCUT2D eigenvalue weighted by molar-refractivity contribution is 6.04. The lowest BCUT2D eigenvalue weighted by atomic mass is 9.71. The van der Waals surface area contributed by atoms with Gasteiger partial charge >= 0.3 is 6.18 Å². The molecule has 1 aliphatic carbocycles. The molecule has 3 nitrogen and oxygen atoms in total. The highest BCUT2D eigenvalue weighted by atomic mass is 19.4. The van der Waals surface area contributed by atoms with Crippen molar-refractivity contribution in [3.05, 3.63) is 65.7 Å². The van der Waals surface area contributed by atoms with Gasteiger partial charge in [0.1, 0.15) is 0 Å². The lowest BCUT2D eigenvalue weighted by Crippen LogP contribution is -2.66. The zero-order valence-corrected chi connectivity index (χ0v) is 14.7. The van der Waals surface area contributed by atoms with Crippen LogP contribution in [0.3, 0.4) is 0 Å². The predicted octanol–water partition coefficient (Wildman–Crippen LogP) is 5.46. The Kier molecular flexibility index (Phi) is 4.46. The molecule has 2 aliphatic rings. The largest absolute Gasteiger partial charge is 0.418 e. The Bertz CT molecular complexity index is 831. The van der Waals surface area contributed by atoms with Crippen LogP contribution in [0.5, 0.6) is 0 Å². The van der Waals surface area contributed by atoms with Crippen LogP contribution >= 0.6 is 0 Å². The Balaban J connectivity index is 1.73. The van der Waals surface area contributed by atoms with Gasteiger partial charge in [-0.1, -0.05) is 61.7 Å². The molecular formula is C21H20F3NO2. The maximum Gasteiger partial charge on any atom is 0.418 e. The smallest absolute Gasteiger partial charge is 0.268 e. The van der Waals surface area contributed by atoms with Crippen molar-refractivity contribution in [2.75, 3.05) is 5.06 Å². The summed E-state index contributed by atoms with van der Waals surface area (Å²) in [5.41, 5.74) is -1.61. The maximum atomic E-state index is 13.4. The highest BCUT2D eigenvalue weighted by Crippen LogP contribution is 2.52. The van der Waals surface area contributed by atoms with Gasteiger partial charge in [0.25, 0.3) is 5.91 Å². The van der Waals surface area contributed by atoms with Gasteiger partial charge < -0.3 is 0 Å². The number of benzene rings is 2. The third-order valence-corrected chi connectivity index (χ3v) is 5.55. The summed E-state index contributed by atoms with van der Waals surface area (Å²) in [5.74, 6) is -0.451. The molecule has 0 bridgehead atoms. The van der Waals surface area contributed by atoms with E-state index in [4.69, 9.17) is 4.84 Å². The van der Waals surface area contributed by atoms with Gasteiger partial charge in [-0.05, 0) is 30.5 Å². The molecule has 1 amide bonds. The van der Waals surface area contributed by atoms with Gasteiger partial charge in [-0.25, -0.2) is 4.84 Å². The van der Waals surface area contributed by atoms with Crippen LogP contribution in [-0.2, 0) is 21.4 Å². The molecule has 2 aromatic carbocycles. The molecule has 0 radical (unpaired) electrons. The van der Waals surface area contributed by atoms with Crippen molar-refractivity contribution in [1.82, 2.24) is 0 Å². The third kappa shape index (κ3) is 2.92. The Morgan fingerprint density at radius 2 is 1.56 bits per heavy atom. The van der Waals surface area contributed by atoms with Crippen LogP contribution in [0.2, 0.25) is 0 Å². The van der Waals surface area contributed by atoms with Gasteiger partial charge in [0.05, 0.1) is 11.3 Å². The molecule has 27 heavy (non-hydrogen) atoms. The molecule has 1 saturated heterocycles. The van der Waals surface area contributed by atoms with Crippen molar-refractivity contribution < 1.29 is 22.8 Å².